The van der Waals surface area contributed by atoms with E-state index in [0.717, 1.165) is 11.1 Å². The van der Waals surface area contributed by atoms with Crippen LogP contribution in [0.2, 0.25) is 0 Å². The van der Waals surface area contributed by atoms with Gasteiger partial charge in [0.15, 0.2) is 0 Å². The number of aryl methyl sites for hydroxylation is 1. The lowest BCUT2D eigenvalue weighted by Crippen LogP contribution is -2.01. The molecular formula is C13H13N5. The molecule has 0 saturated carbocycles. The van der Waals surface area contributed by atoms with Crippen molar-refractivity contribution in [2.45, 2.75) is 6.92 Å². The van der Waals surface area contributed by atoms with Gasteiger partial charge in [-0.25, -0.2) is 4.98 Å². The largest absolute Gasteiger partial charge is 0.373 e. The van der Waals surface area contributed by atoms with Crippen molar-refractivity contribution in [2.24, 2.45) is 0 Å². The van der Waals surface area contributed by atoms with Crippen molar-refractivity contribution in [3.05, 3.63) is 35.4 Å². The molecule has 1 aromatic heterocycles. The van der Waals surface area contributed by atoms with Crippen molar-refractivity contribution in [2.75, 3.05) is 18.1 Å². The highest BCUT2D eigenvalue weighted by Crippen LogP contribution is 2.25. The maximum absolute atomic E-state index is 8.94. The molecule has 90 valence electrons. The topological polar surface area (TPSA) is 87.6 Å². The van der Waals surface area contributed by atoms with Gasteiger partial charge in [-0.05, 0) is 24.6 Å². The maximum atomic E-state index is 8.94. The summed E-state index contributed by atoms with van der Waals surface area (Å²) in [5.41, 5.74) is 8.90. The molecule has 5 heteroatoms. The SMILES string of the molecule is CNc1cc(-c2cc(C#N)ccc2C)nc(N)n1. The normalized spacial score (nSPS) is 9.83. The molecule has 0 saturated heterocycles. The monoisotopic (exact) mass is 239 g/mol. The Morgan fingerprint density at radius 3 is 2.72 bits per heavy atom. The Hall–Kier alpha value is -2.61. The number of nitriles is 1. The van der Waals surface area contributed by atoms with Crippen molar-refractivity contribution in [1.82, 2.24) is 9.97 Å². The molecule has 1 heterocycles. The van der Waals surface area contributed by atoms with Crippen LogP contribution in [0.4, 0.5) is 11.8 Å². The lowest BCUT2D eigenvalue weighted by atomic mass is 10.0. The van der Waals surface area contributed by atoms with E-state index in [2.05, 4.69) is 21.4 Å². The zero-order valence-electron chi connectivity index (χ0n) is 10.2. The van der Waals surface area contributed by atoms with Crippen molar-refractivity contribution in [1.29, 1.82) is 5.26 Å². The molecule has 2 aromatic rings. The van der Waals surface area contributed by atoms with E-state index >= 15 is 0 Å². The minimum atomic E-state index is 0.207. The average molecular weight is 239 g/mol. The molecule has 0 atom stereocenters. The lowest BCUT2D eigenvalue weighted by Gasteiger charge is -2.08. The van der Waals surface area contributed by atoms with Gasteiger partial charge in [0, 0.05) is 18.7 Å². The van der Waals surface area contributed by atoms with Crippen LogP contribution in [-0.2, 0) is 0 Å². The molecule has 3 N–H and O–H groups in total. The predicted molar refractivity (Wildman–Crippen MR) is 70.9 cm³/mol. The number of hydrogen-bond donors (Lipinski definition) is 2. The van der Waals surface area contributed by atoms with E-state index in [9.17, 15) is 0 Å². The second kappa shape index (κ2) is 4.72. The van der Waals surface area contributed by atoms with Gasteiger partial charge in [0.05, 0.1) is 17.3 Å². The summed E-state index contributed by atoms with van der Waals surface area (Å²) in [4.78, 5) is 8.25. The molecule has 0 amide bonds. The summed E-state index contributed by atoms with van der Waals surface area (Å²) in [6.07, 6.45) is 0. The third kappa shape index (κ3) is 2.23. The van der Waals surface area contributed by atoms with Crippen LogP contribution in [0, 0.1) is 18.3 Å². The Labute approximate surface area is 105 Å². The van der Waals surface area contributed by atoms with E-state index in [1.165, 1.54) is 0 Å². The summed E-state index contributed by atoms with van der Waals surface area (Å²) in [5, 5.41) is 11.9. The molecule has 0 radical (unpaired) electrons. The number of nitrogens with zero attached hydrogens (tertiary/aromatic N) is 3. The minimum absolute atomic E-state index is 0.207. The average Bonchev–Trinajstić information content (AvgIpc) is 2.38. The van der Waals surface area contributed by atoms with Gasteiger partial charge in [-0.1, -0.05) is 6.07 Å². The zero-order valence-corrected chi connectivity index (χ0v) is 10.2. The van der Waals surface area contributed by atoms with E-state index in [1.54, 1.807) is 25.2 Å². The lowest BCUT2D eigenvalue weighted by molar-refractivity contribution is 1.17. The molecular weight excluding hydrogens is 226 g/mol. The Bertz CT molecular complexity index is 628. The molecule has 1 aromatic carbocycles. The Morgan fingerprint density at radius 2 is 2.06 bits per heavy atom. The van der Waals surface area contributed by atoms with Crippen LogP contribution in [0.15, 0.2) is 24.3 Å². The second-order valence-electron chi connectivity index (χ2n) is 3.89. The maximum Gasteiger partial charge on any atom is 0.222 e. The third-order valence-electron chi connectivity index (χ3n) is 2.64. The van der Waals surface area contributed by atoms with Crippen molar-refractivity contribution in [3.8, 4) is 17.3 Å². The van der Waals surface area contributed by atoms with E-state index in [0.29, 0.717) is 17.1 Å². The van der Waals surface area contributed by atoms with Gasteiger partial charge in [-0.15, -0.1) is 0 Å². The number of hydrogen-bond acceptors (Lipinski definition) is 5. The number of aromatic nitrogens is 2. The van der Waals surface area contributed by atoms with Crippen molar-refractivity contribution >= 4 is 11.8 Å². The van der Waals surface area contributed by atoms with E-state index < -0.39 is 0 Å². The summed E-state index contributed by atoms with van der Waals surface area (Å²) < 4.78 is 0. The molecule has 18 heavy (non-hydrogen) atoms. The molecule has 5 nitrogen and oxygen atoms in total. The fourth-order valence-corrected chi connectivity index (χ4v) is 1.70. The number of nitrogens with two attached hydrogens (primary N) is 1. The molecule has 0 spiro atoms. The van der Waals surface area contributed by atoms with Gasteiger partial charge < -0.3 is 11.1 Å². The molecule has 0 unspecified atom stereocenters. The first-order valence-electron chi connectivity index (χ1n) is 5.47. The van der Waals surface area contributed by atoms with Gasteiger partial charge in [-0.3, -0.25) is 0 Å². The predicted octanol–water partition coefficient (Wildman–Crippen LogP) is 1.95. The number of nitrogens with one attached hydrogen (secondary N) is 1. The number of benzene rings is 1. The Kier molecular flexibility index (Phi) is 3.11. The summed E-state index contributed by atoms with van der Waals surface area (Å²) in [5.74, 6) is 0.859. The first kappa shape index (κ1) is 11.9. The van der Waals surface area contributed by atoms with E-state index in [4.69, 9.17) is 11.0 Å². The minimum Gasteiger partial charge on any atom is -0.373 e. The van der Waals surface area contributed by atoms with E-state index in [1.807, 2.05) is 13.0 Å². The Morgan fingerprint density at radius 1 is 1.28 bits per heavy atom. The highest BCUT2D eigenvalue weighted by Gasteiger charge is 2.08. The molecule has 2 rings (SSSR count). The highest BCUT2D eigenvalue weighted by atomic mass is 15.1. The first-order chi connectivity index (χ1) is 8.63. The number of anilines is 2. The number of rotatable bonds is 2. The van der Waals surface area contributed by atoms with Crippen LogP contribution < -0.4 is 11.1 Å². The second-order valence-corrected chi connectivity index (χ2v) is 3.89. The number of nitrogen functional groups attached to an aromatic ring is 1. The van der Waals surface area contributed by atoms with E-state index in [-0.39, 0.29) is 5.95 Å². The van der Waals surface area contributed by atoms with Gasteiger partial charge in [0.1, 0.15) is 5.82 Å². The quantitative estimate of drug-likeness (QED) is 0.836. The summed E-state index contributed by atoms with van der Waals surface area (Å²) >= 11 is 0. The molecule has 0 fully saturated rings. The van der Waals surface area contributed by atoms with Gasteiger partial charge >= 0.3 is 0 Å². The van der Waals surface area contributed by atoms with Crippen molar-refractivity contribution < 1.29 is 0 Å². The fourth-order valence-electron chi connectivity index (χ4n) is 1.70. The van der Waals surface area contributed by atoms with Crippen LogP contribution in [-0.4, -0.2) is 17.0 Å². The Balaban J connectivity index is 2.61. The van der Waals surface area contributed by atoms with Crippen LogP contribution >= 0.6 is 0 Å². The van der Waals surface area contributed by atoms with Crippen molar-refractivity contribution in [3.63, 3.8) is 0 Å². The highest BCUT2D eigenvalue weighted by molar-refractivity contribution is 5.68. The third-order valence-corrected chi connectivity index (χ3v) is 2.64. The summed E-state index contributed by atoms with van der Waals surface area (Å²) in [6, 6.07) is 9.40. The fraction of sp³-hybridized carbons (Fsp3) is 0.154. The van der Waals surface area contributed by atoms with Crippen LogP contribution in [0.1, 0.15) is 11.1 Å². The zero-order chi connectivity index (χ0) is 13.1. The molecule has 0 aliphatic carbocycles. The molecule has 0 aliphatic heterocycles. The summed E-state index contributed by atoms with van der Waals surface area (Å²) in [6.45, 7) is 1.97. The first-order valence-corrected chi connectivity index (χ1v) is 5.47. The molecule has 0 aliphatic rings. The van der Waals surface area contributed by atoms with Gasteiger partial charge in [0.25, 0.3) is 0 Å². The van der Waals surface area contributed by atoms with Crippen LogP contribution in [0.25, 0.3) is 11.3 Å². The molecule has 0 bridgehead atoms. The van der Waals surface area contributed by atoms with Crippen LogP contribution in [0.5, 0.6) is 0 Å². The van der Waals surface area contributed by atoms with Crippen LogP contribution in [0.3, 0.4) is 0 Å². The smallest absolute Gasteiger partial charge is 0.222 e. The standard InChI is InChI=1S/C13H13N5/c1-8-3-4-9(7-14)5-10(8)11-6-12(16-2)18-13(15)17-11/h3-6H,1-2H3,(H3,15,16,17,18). The van der Waals surface area contributed by atoms with Gasteiger partial charge in [-0.2, -0.15) is 10.2 Å². The summed E-state index contributed by atoms with van der Waals surface area (Å²) in [7, 11) is 1.77. The van der Waals surface area contributed by atoms with Gasteiger partial charge in [0.2, 0.25) is 5.95 Å².